The molecule has 1 saturated carbocycles. The summed E-state index contributed by atoms with van der Waals surface area (Å²) in [5.74, 6) is -0.617. The van der Waals surface area contributed by atoms with Crippen LogP contribution < -0.4 is 21.8 Å². The van der Waals surface area contributed by atoms with Crippen molar-refractivity contribution in [1.82, 2.24) is 29.5 Å². The van der Waals surface area contributed by atoms with E-state index in [-0.39, 0.29) is 23.6 Å². The maximum absolute atomic E-state index is 13.6. The van der Waals surface area contributed by atoms with Gasteiger partial charge in [0, 0.05) is 5.22 Å². The lowest BCUT2D eigenvalue weighted by molar-refractivity contribution is 0.454. The Balaban J connectivity index is 1.69. The molecule has 1 fully saturated rings. The van der Waals surface area contributed by atoms with E-state index in [1.165, 1.54) is 35.0 Å². The molecular formula is C18H14ClFN8O2. The average molecular weight is 429 g/mol. The number of aromatic hydroxyl groups is 1. The summed E-state index contributed by atoms with van der Waals surface area (Å²) in [6.07, 6.45) is 4.95. The third kappa shape index (κ3) is 3.50. The number of aromatic amines is 2. The lowest BCUT2D eigenvalue weighted by Crippen LogP contribution is -2.24. The largest absolute Gasteiger partial charge is 0.493 e. The van der Waals surface area contributed by atoms with E-state index >= 15 is 0 Å². The van der Waals surface area contributed by atoms with Crippen LogP contribution >= 0.6 is 11.6 Å². The Morgan fingerprint density at radius 3 is 2.90 bits per heavy atom. The average Bonchev–Trinajstić information content (AvgIpc) is 3.34. The van der Waals surface area contributed by atoms with Crippen molar-refractivity contribution >= 4 is 35.0 Å². The molecule has 3 aromatic heterocycles. The molecule has 0 unspecified atom stereocenters. The van der Waals surface area contributed by atoms with Crippen LogP contribution in [0.3, 0.4) is 0 Å². The number of imidazole rings is 1. The Hall–Kier alpha value is -3.73. The van der Waals surface area contributed by atoms with Gasteiger partial charge in [-0.05, 0) is 37.1 Å². The Kier molecular flexibility index (Phi) is 4.24. The van der Waals surface area contributed by atoms with Crippen molar-refractivity contribution in [2.45, 2.75) is 18.9 Å². The highest BCUT2D eigenvalue weighted by molar-refractivity contribution is 6.33. The first-order chi connectivity index (χ1) is 14.5. The van der Waals surface area contributed by atoms with E-state index in [2.05, 4.69) is 35.3 Å². The minimum atomic E-state index is -0.544. The molecule has 5 rings (SSSR count). The van der Waals surface area contributed by atoms with Gasteiger partial charge < -0.3 is 15.4 Å². The number of H-pyrrole nitrogens is 2. The van der Waals surface area contributed by atoms with Crippen LogP contribution in [0.4, 0.5) is 16.0 Å². The molecule has 1 aromatic carbocycles. The van der Waals surface area contributed by atoms with Crippen molar-refractivity contribution < 1.29 is 9.50 Å². The molecule has 0 spiro atoms. The van der Waals surface area contributed by atoms with Crippen molar-refractivity contribution in [3.63, 3.8) is 0 Å². The van der Waals surface area contributed by atoms with Gasteiger partial charge in [0.2, 0.25) is 11.8 Å². The van der Waals surface area contributed by atoms with E-state index in [1.807, 2.05) is 0 Å². The summed E-state index contributed by atoms with van der Waals surface area (Å²) in [4.78, 5) is 29.5. The van der Waals surface area contributed by atoms with E-state index in [1.54, 1.807) is 0 Å². The minimum absolute atomic E-state index is 0.149. The number of nitrogens with one attached hydrogen (secondary N) is 3. The second-order valence-corrected chi connectivity index (χ2v) is 7.18. The number of nitrogens with zero attached hydrogens (tertiary/aromatic N) is 5. The predicted molar refractivity (Wildman–Crippen MR) is 106 cm³/mol. The molecule has 4 aromatic rings. The van der Waals surface area contributed by atoms with E-state index in [9.17, 15) is 14.3 Å². The van der Waals surface area contributed by atoms with Crippen LogP contribution in [0.1, 0.15) is 18.5 Å². The van der Waals surface area contributed by atoms with Gasteiger partial charge in [0.25, 0.3) is 5.62 Å². The summed E-state index contributed by atoms with van der Waals surface area (Å²) in [6.45, 7) is 0. The number of benzene rings is 1. The molecule has 0 amide bonds. The monoisotopic (exact) mass is 428 g/mol. The Morgan fingerprint density at radius 2 is 2.17 bits per heavy atom. The molecule has 30 heavy (non-hydrogen) atoms. The quantitative estimate of drug-likeness (QED) is 0.382. The summed E-state index contributed by atoms with van der Waals surface area (Å²) >= 11 is 6.14. The van der Waals surface area contributed by atoms with Gasteiger partial charge in [-0.1, -0.05) is 11.6 Å². The smallest absolute Gasteiger partial charge is 0.326 e. The maximum atomic E-state index is 13.6. The summed E-state index contributed by atoms with van der Waals surface area (Å²) in [7, 11) is 0. The highest BCUT2D eigenvalue weighted by atomic mass is 35.5. The van der Waals surface area contributed by atoms with E-state index in [0.29, 0.717) is 27.2 Å². The van der Waals surface area contributed by atoms with Gasteiger partial charge in [-0.2, -0.15) is 19.6 Å². The number of rotatable bonds is 4. The minimum Gasteiger partial charge on any atom is -0.493 e. The number of fused-ring (bicyclic) bond motifs is 1. The lowest BCUT2D eigenvalue weighted by Gasteiger charge is -2.07. The molecule has 152 valence electrons. The summed E-state index contributed by atoms with van der Waals surface area (Å²) < 4.78 is 15.1. The van der Waals surface area contributed by atoms with Gasteiger partial charge >= 0.3 is 5.69 Å². The lowest BCUT2D eigenvalue weighted by atomic mass is 10.3. The van der Waals surface area contributed by atoms with Gasteiger partial charge in [-0.3, -0.25) is 4.98 Å². The second kappa shape index (κ2) is 6.95. The second-order valence-electron chi connectivity index (χ2n) is 6.78. The van der Waals surface area contributed by atoms with Crippen molar-refractivity contribution in [3.8, 4) is 5.88 Å². The first-order valence-corrected chi connectivity index (χ1v) is 9.39. The molecule has 0 aliphatic heterocycles. The fraction of sp³-hybridized carbons (Fsp3) is 0.167. The zero-order valence-electron chi connectivity index (χ0n) is 15.2. The number of hydrogen-bond acceptors (Lipinski definition) is 7. The maximum Gasteiger partial charge on any atom is 0.326 e. The number of halogens is 2. The zero-order chi connectivity index (χ0) is 20.8. The summed E-state index contributed by atoms with van der Waals surface area (Å²) in [6, 6.07) is 4.07. The molecule has 12 heteroatoms. The van der Waals surface area contributed by atoms with Crippen molar-refractivity contribution in [2.75, 3.05) is 5.32 Å². The Morgan fingerprint density at radius 1 is 1.33 bits per heavy atom. The first kappa shape index (κ1) is 18.3. The molecular weight excluding hydrogens is 415 g/mol. The van der Waals surface area contributed by atoms with Crippen molar-refractivity contribution in [2.24, 2.45) is 4.99 Å². The molecule has 1 aliphatic rings. The molecule has 4 N–H and O–H groups in total. The molecule has 10 nitrogen and oxygen atoms in total. The normalized spacial score (nSPS) is 15.3. The zero-order valence-corrected chi connectivity index (χ0v) is 16.0. The third-order valence-electron chi connectivity index (χ3n) is 4.43. The first-order valence-electron chi connectivity index (χ1n) is 9.01. The van der Waals surface area contributed by atoms with Crippen LogP contribution in [0, 0.1) is 5.82 Å². The van der Waals surface area contributed by atoms with Crippen LogP contribution in [0.15, 0.2) is 34.2 Å². The molecule has 0 radical (unpaired) electrons. The highest BCUT2D eigenvalue weighted by Gasteiger charge is 2.21. The van der Waals surface area contributed by atoms with Crippen molar-refractivity contribution in [3.05, 3.63) is 62.3 Å². The van der Waals surface area contributed by atoms with Gasteiger partial charge in [-0.25, -0.2) is 14.2 Å². The van der Waals surface area contributed by atoms with Gasteiger partial charge in [-0.15, -0.1) is 0 Å². The van der Waals surface area contributed by atoms with Gasteiger partial charge in [0.15, 0.2) is 5.65 Å². The number of aromatic nitrogens is 6. The molecule has 3 heterocycles. The van der Waals surface area contributed by atoms with Crippen LogP contribution in [0.5, 0.6) is 5.88 Å². The van der Waals surface area contributed by atoms with Crippen LogP contribution in [-0.4, -0.2) is 40.7 Å². The molecule has 0 saturated heterocycles. The van der Waals surface area contributed by atoms with Crippen LogP contribution in [0.25, 0.3) is 11.7 Å². The fourth-order valence-electron chi connectivity index (χ4n) is 2.85. The third-order valence-corrected chi connectivity index (χ3v) is 4.76. The summed E-state index contributed by atoms with van der Waals surface area (Å²) in [5, 5.41) is 17.8. The Bertz CT molecular complexity index is 1450. The van der Waals surface area contributed by atoms with E-state index < -0.39 is 11.5 Å². The topological polar surface area (TPSA) is 136 Å². The molecule has 0 atom stereocenters. The summed E-state index contributed by atoms with van der Waals surface area (Å²) in [5.41, 5.74) is 0.634. The predicted octanol–water partition coefficient (Wildman–Crippen LogP) is 0.993. The van der Waals surface area contributed by atoms with E-state index in [4.69, 9.17) is 11.6 Å². The van der Waals surface area contributed by atoms with Crippen LogP contribution in [-0.2, 0) is 0 Å². The van der Waals surface area contributed by atoms with E-state index in [0.717, 1.165) is 12.8 Å². The number of anilines is 2. The highest BCUT2D eigenvalue weighted by Crippen LogP contribution is 2.25. The van der Waals surface area contributed by atoms with Gasteiger partial charge in [0.1, 0.15) is 11.5 Å². The number of hydrogen-bond donors (Lipinski definition) is 4. The van der Waals surface area contributed by atoms with Crippen LogP contribution in [0.2, 0.25) is 5.02 Å². The Labute approximate surface area is 171 Å². The molecule has 0 bridgehead atoms. The van der Waals surface area contributed by atoms with Gasteiger partial charge in [0.05, 0.1) is 22.9 Å². The SMILES string of the molecule is O=c1[nH]c(O)c(/C=c2\cnn3c(=NC4CC4)nc(Nc4cc(F)ccc4Cl)nc23)[nH]1. The standard InChI is InChI=1S/C18H14ClFN8O2/c19-11-4-1-9(20)6-12(11)23-16-25-14-8(5-13-15(29)26-18(30)24-13)7-21-28(14)17(27-16)22-10-2-3-10/h1,4-7,10,29H,2-3H2,(H,22,23,27)(H2,24,26,30)/b8-5+. The molecule has 1 aliphatic carbocycles. The fourth-order valence-corrected chi connectivity index (χ4v) is 3.01. The van der Waals surface area contributed by atoms with Crippen molar-refractivity contribution in [1.29, 1.82) is 0 Å².